The summed E-state index contributed by atoms with van der Waals surface area (Å²) in [5.74, 6) is -0.660. The second-order valence-electron chi connectivity index (χ2n) is 5.69. The van der Waals surface area contributed by atoms with Gasteiger partial charge in [0.2, 0.25) is 0 Å². The average molecular weight is 380 g/mol. The Hall–Kier alpha value is -1.86. The number of nitrogens with zero attached hydrogens (tertiary/aromatic N) is 1. The predicted molar refractivity (Wildman–Crippen MR) is 104 cm³/mol. The zero-order valence-corrected chi connectivity index (χ0v) is 15.9. The first-order chi connectivity index (χ1) is 11.9. The summed E-state index contributed by atoms with van der Waals surface area (Å²) in [6, 6.07) is 6.47. The number of carbonyl (C=O) groups excluding carboxylic acids is 1. The maximum Gasteiger partial charge on any atom is 0.326 e. The Bertz CT molecular complexity index is 685. The molecule has 1 N–H and O–H groups in total. The molecule has 2 rings (SSSR count). The Morgan fingerprint density at radius 2 is 2.04 bits per heavy atom. The quantitative estimate of drug-likeness (QED) is 0.419. The van der Waals surface area contributed by atoms with E-state index in [-0.39, 0.29) is 10.2 Å². The summed E-state index contributed by atoms with van der Waals surface area (Å²) in [6.45, 7) is 4.29. The summed E-state index contributed by atoms with van der Waals surface area (Å²) in [4.78, 5) is 25.1. The van der Waals surface area contributed by atoms with E-state index in [9.17, 15) is 9.59 Å². The lowest BCUT2D eigenvalue weighted by molar-refractivity contribution is -0.144. The molecular weight excluding hydrogens is 358 g/mol. The van der Waals surface area contributed by atoms with Gasteiger partial charge in [-0.05, 0) is 37.1 Å². The Morgan fingerprint density at radius 3 is 2.64 bits per heavy atom. The molecule has 1 aromatic carbocycles. The van der Waals surface area contributed by atoms with E-state index in [4.69, 9.17) is 22.1 Å². The van der Waals surface area contributed by atoms with Crippen molar-refractivity contribution in [3.63, 3.8) is 0 Å². The number of hydrogen-bond donors (Lipinski definition) is 1. The minimum Gasteiger partial charge on any atom is -0.494 e. The molecule has 0 unspecified atom stereocenters. The van der Waals surface area contributed by atoms with Crippen molar-refractivity contribution in [2.75, 3.05) is 6.61 Å². The van der Waals surface area contributed by atoms with E-state index >= 15 is 0 Å². The Morgan fingerprint density at radius 1 is 1.36 bits per heavy atom. The molecule has 1 fully saturated rings. The number of amides is 1. The van der Waals surface area contributed by atoms with E-state index in [1.54, 1.807) is 6.08 Å². The second-order valence-corrected chi connectivity index (χ2v) is 7.37. The van der Waals surface area contributed by atoms with Crippen LogP contribution in [0, 0.1) is 0 Å². The first-order valence-corrected chi connectivity index (χ1v) is 9.39. The summed E-state index contributed by atoms with van der Waals surface area (Å²) < 4.78 is 5.92. The van der Waals surface area contributed by atoms with Crippen molar-refractivity contribution >= 4 is 46.3 Å². The minimum atomic E-state index is -1.08. The Labute approximate surface area is 157 Å². The molecule has 1 aliphatic heterocycles. The molecule has 134 valence electrons. The lowest BCUT2D eigenvalue weighted by Gasteiger charge is -2.18. The number of benzene rings is 1. The highest BCUT2D eigenvalue weighted by Crippen LogP contribution is 2.34. The van der Waals surface area contributed by atoms with Gasteiger partial charge in [-0.25, -0.2) is 4.79 Å². The van der Waals surface area contributed by atoms with Crippen LogP contribution < -0.4 is 4.74 Å². The van der Waals surface area contributed by atoms with Gasteiger partial charge >= 0.3 is 5.97 Å². The topological polar surface area (TPSA) is 66.8 Å². The number of thiocarbonyl (C=S) groups is 1. The van der Waals surface area contributed by atoms with E-state index in [0.717, 1.165) is 47.2 Å². The first-order valence-electron chi connectivity index (χ1n) is 8.16. The second kappa shape index (κ2) is 9.01. The number of carbonyl (C=O) groups is 2. The van der Waals surface area contributed by atoms with E-state index in [1.165, 1.54) is 6.92 Å². The van der Waals surface area contributed by atoms with Crippen LogP contribution in [0.4, 0.5) is 0 Å². The van der Waals surface area contributed by atoms with Crippen molar-refractivity contribution in [2.24, 2.45) is 0 Å². The van der Waals surface area contributed by atoms with Gasteiger partial charge in [0, 0.05) is 0 Å². The number of ether oxygens (including phenoxy) is 1. The zero-order chi connectivity index (χ0) is 18.4. The van der Waals surface area contributed by atoms with Crippen LogP contribution in [0.1, 0.15) is 38.7 Å². The van der Waals surface area contributed by atoms with Crippen LogP contribution in [0.3, 0.4) is 0 Å². The molecule has 0 spiro atoms. The van der Waals surface area contributed by atoms with Crippen LogP contribution in [-0.4, -0.2) is 38.9 Å². The van der Waals surface area contributed by atoms with Gasteiger partial charge in [0.1, 0.15) is 16.1 Å². The molecule has 7 heteroatoms. The van der Waals surface area contributed by atoms with Gasteiger partial charge in [0.25, 0.3) is 5.91 Å². The smallest absolute Gasteiger partial charge is 0.326 e. The van der Waals surface area contributed by atoms with Crippen LogP contribution in [0.2, 0.25) is 0 Å². The van der Waals surface area contributed by atoms with Crippen LogP contribution in [-0.2, 0) is 9.59 Å². The minimum absolute atomic E-state index is 0.266. The summed E-state index contributed by atoms with van der Waals surface area (Å²) in [6.07, 6.45) is 5.05. The van der Waals surface area contributed by atoms with Crippen molar-refractivity contribution in [1.29, 1.82) is 0 Å². The summed E-state index contributed by atoms with van der Waals surface area (Å²) in [5, 5.41) is 9.09. The van der Waals surface area contributed by atoms with Gasteiger partial charge in [0.15, 0.2) is 0 Å². The summed E-state index contributed by atoms with van der Waals surface area (Å²) in [5.41, 5.74) is 0.837. The molecular formula is C18H21NO4S2. The number of aliphatic carboxylic acids is 1. The molecule has 1 heterocycles. The van der Waals surface area contributed by atoms with E-state index in [0.29, 0.717) is 11.5 Å². The largest absolute Gasteiger partial charge is 0.494 e. The maximum absolute atomic E-state index is 12.4. The average Bonchev–Trinajstić information content (AvgIpc) is 2.86. The monoisotopic (exact) mass is 379 g/mol. The van der Waals surface area contributed by atoms with Crippen molar-refractivity contribution in [1.82, 2.24) is 4.90 Å². The van der Waals surface area contributed by atoms with Crippen molar-refractivity contribution < 1.29 is 19.4 Å². The van der Waals surface area contributed by atoms with Crippen LogP contribution in [0.15, 0.2) is 29.2 Å². The fourth-order valence-corrected chi connectivity index (χ4v) is 3.70. The molecule has 1 aromatic rings. The number of rotatable bonds is 8. The maximum atomic E-state index is 12.4. The van der Waals surface area contributed by atoms with Crippen LogP contribution in [0.5, 0.6) is 5.75 Å². The van der Waals surface area contributed by atoms with Gasteiger partial charge < -0.3 is 9.84 Å². The molecule has 0 aromatic heterocycles. The van der Waals surface area contributed by atoms with Crippen molar-refractivity contribution in [3.8, 4) is 5.75 Å². The van der Waals surface area contributed by atoms with Gasteiger partial charge in [-0.2, -0.15) is 0 Å². The van der Waals surface area contributed by atoms with Gasteiger partial charge in [-0.1, -0.05) is 55.9 Å². The number of unbranched alkanes of at least 4 members (excludes halogenated alkanes) is 2. The normalized spacial score (nSPS) is 17.2. The van der Waals surface area contributed by atoms with Crippen molar-refractivity contribution in [3.05, 3.63) is 34.7 Å². The van der Waals surface area contributed by atoms with Gasteiger partial charge in [0.05, 0.1) is 11.5 Å². The molecule has 1 aliphatic rings. The van der Waals surface area contributed by atoms with Crippen LogP contribution >= 0.6 is 24.0 Å². The third-order valence-electron chi connectivity index (χ3n) is 3.76. The molecule has 0 aliphatic carbocycles. The highest BCUT2D eigenvalue weighted by molar-refractivity contribution is 8.26. The van der Waals surface area contributed by atoms with E-state index < -0.39 is 12.0 Å². The lowest BCUT2D eigenvalue weighted by atomic mass is 10.2. The lowest BCUT2D eigenvalue weighted by Crippen LogP contribution is -2.41. The van der Waals surface area contributed by atoms with Crippen LogP contribution in [0.25, 0.3) is 6.08 Å². The number of thioether (sulfide) groups is 1. The SMILES string of the molecule is CCCCCOc1ccc(/C=C2\SC(=S)N([C@@H](C)C(=O)O)C2=O)cc1. The molecule has 5 nitrogen and oxygen atoms in total. The highest BCUT2D eigenvalue weighted by atomic mass is 32.2. The number of carboxylic acids is 1. The van der Waals surface area contributed by atoms with E-state index in [1.807, 2.05) is 24.3 Å². The molecule has 1 saturated heterocycles. The third kappa shape index (κ3) is 5.06. The number of hydrogen-bond acceptors (Lipinski definition) is 5. The molecule has 1 amide bonds. The molecule has 0 bridgehead atoms. The predicted octanol–water partition coefficient (Wildman–Crippen LogP) is 3.93. The fraction of sp³-hybridized carbons (Fsp3) is 0.389. The standard InChI is InChI=1S/C18H21NO4S2/c1-3-4-5-10-23-14-8-6-13(7-9-14)11-15-16(20)19(18(24)25-15)12(2)17(21)22/h6-9,11-12H,3-5,10H2,1-2H3,(H,21,22)/b15-11-/t12-/m0/s1. The molecule has 0 radical (unpaired) electrons. The summed E-state index contributed by atoms with van der Waals surface area (Å²) >= 11 is 6.26. The Balaban J connectivity index is 2.04. The van der Waals surface area contributed by atoms with E-state index in [2.05, 4.69) is 6.92 Å². The van der Waals surface area contributed by atoms with Gasteiger partial charge in [-0.3, -0.25) is 9.69 Å². The zero-order valence-electron chi connectivity index (χ0n) is 14.2. The third-order valence-corrected chi connectivity index (χ3v) is 5.09. The molecule has 0 saturated carbocycles. The molecule has 25 heavy (non-hydrogen) atoms. The molecule has 1 atom stereocenters. The first kappa shape index (κ1) is 19.5. The fourth-order valence-electron chi connectivity index (χ4n) is 2.28. The Kier molecular flexibility index (Phi) is 7.01. The van der Waals surface area contributed by atoms with Crippen molar-refractivity contribution in [2.45, 2.75) is 39.2 Å². The highest BCUT2D eigenvalue weighted by Gasteiger charge is 2.38. The van der Waals surface area contributed by atoms with Gasteiger partial charge in [-0.15, -0.1) is 0 Å². The summed E-state index contributed by atoms with van der Waals surface area (Å²) in [7, 11) is 0. The number of carboxylic acid groups (broad SMARTS) is 1.